The van der Waals surface area contributed by atoms with Gasteiger partial charge in [0.05, 0.1) is 17.9 Å². The molecule has 0 saturated carbocycles. The van der Waals surface area contributed by atoms with E-state index in [1.54, 1.807) is 0 Å². The lowest BCUT2D eigenvalue weighted by molar-refractivity contribution is -0.124. The fourth-order valence-electron chi connectivity index (χ4n) is 3.89. The molecular formula is C24H24N4O4. The van der Waals surface area contributed by atoms with Crippen LogP contribution in [-0.2, 0) is 9.59 Å². The summed E-state index contributed by atoms with van der Waals surface area (Å²) in [5.74, 6) is 1.20. The first-order valence-electron chi connectivity index (χ1n) is 10.4. The van der Waals surface area contributed by atoms with Crippen LogP contribution in [-0.4, -0.2) is 45.0 Å². The molecule has 1 unspecified atom stereocenters. The monoisotopic (exact) mass is 432 g/mol. The molecule has 1 N–H and O–H groups in total. The summed E-state index contributed by atoms with van der Waals surface area (Å²) in [6.07, 6.45) is -0.371. The molecule has 8 heteroatoms. The zero-order chi connectivity index (χ0) is 22.7. The Labute approximate surface area is 186 Å². The van der Waals surface area contributed by atoms with Gasteiger partial charge in [0.15, 0.2) is 17.3 Å². The third-order valence-electron chi connectivity index (χ3n) is 5.53. The maximum Gasteiger partial charge on any atom is 0.220 e. The van der Waals surface area contributed by atoms with Crippen LogP contribution in [0.4, 0.5) is 11.4 Å². The van der Waals surface area contributed by atoms with Crippen LogP contribution in [0.2, 0.25) is 0 Å². The number of hydrogen-bond donors (Lipinski definition) is 1. The molecule has 2 heterocycles. The molecule has 0 saturated heterocycles. The Morgan fingerprint density at radius 3 is 2.31 bits per heavy atom. The summed E-state index contributed by atoms with van der Waals surface area (Å²) in [6, 6.07) is 17.1. The highest BCUT2D eigenvalue weighted by molar-refractivity contribution is 6.03. The van der Waals surface area contributed by atoms with Gasteiger partial charge in [-0.1, -0.05) is 24.3 Å². The molecule has 2 aromatic carbocycles. The van der Waals surface area contributed by atoms with Gasteiger partial charge in [0, 0.05) is 26.9 Å². The molecular weight excluding hydrogens is 408 g/mol. The second-order valence-electron chi connectivity index (χ2n) is 7.64. The van der Waals surface area contributed by atoms with Gasteiger partial charge in [0.1, 0.15) is 30.2 Å². The van der Waals surface area contributed by atoms with Gasteiger partial charge in [-0.3, -0.25) is 9.59 Å². The number of rotatable bonds is 6. The Kier molecular flexibility index (Phi) is 5.99. The lowest BCUT2D eigenvalue weighted by atomic mass is 10.1. The summed E-state index contributed by atoms with van der Waals surface area (Å²) in [7, 11) is 3.64. The van der Waals surface area contributed by atoms with Crippen molar-refractivity contribution >= 4 is 23.1 Å². The maximum absolute atomic E-state index is 12.8. The molecule has 0 radical (unpaired) electrons. The van der Waals surface area contributed by atoms with Crippen molar-refractivity contribution in [1.29, 1.82) is 5.26 Å². The van der Waals surface area contributed by atoms with E-state index in [-0.39, 0.29) is 42.8 Å². The van der Waals surface area contributed by atoms with Gasteiger partial charge < -0.3 is 24.6 Å². The maximum atomic E-state index is 12.8. The van der Waals surface area contributed by atoms with E-state index in [1.165, 1.54) is 0 Å². The van der Waals surface area contributed by atoms with E-state index in [2.05, 4.69) is 5.32 Å². The fourth-order valence-corrected chi connectivity index (χ4v) is 3.89. The third-order valence-corrected chi connectivity index (χ3v) is 5.53. The number of ketones is 1. The number of carbonyl (C=O) groups is 2. The Morgan fingerprint density at radius 1 is 1.03 bits per heavy atom. The molecule has 4 rings (SSSR count). The van der Waals surface area contributed by atoms with Crippen molar-refractivity contribution < 1.29 is 19.1 Å². The zero-order valence-electron chi connectivity index (χ0n) is 18.0. The van der Waals surface area contributed by atoms with Crippen LogP contribution in [0.15, 0.2) is 59.9 Å². The second kappa shape index (κ2) is 9.02. The quantitative estimate of drug-likeness (QED) is 0.554. The fraction of sp³-hybridized carbons (Fsp3) is 0.292. The number of allylic oxidation sites excluding steroid dienone is 1. The lowest BCUT2D eigenvalue weighted by Gasteiger charge is -2.26. The van der Waals surface area contributed by atoms with Crippen LogP contribution >= 0.6 is 0 Å². The first-order valence-corrected chi connectivity index (χ1v) is 10.4. The Balaban J connectivity index is 1.33. The van der Waals surface area contributed by atoms with Crippen molar-refractivity contribution in [2.75, 3.05) is 37.0 Å². The Bertz CT molecular complexity index is 1090. The first-order chi connectivity index (χ1) is 15.5. The number of Topliss-reactive ketones (excluding diaryl/α,β-unsaturated/α-hetero) is 1. The van der Waals surface area contributed by atoms with Gasteiger partial charge in [-0.2, -0.15) is 5.26 Å². The molecule has 0 bridgehead atoms. The SMILES string of the molecule is CN1C(=C(C#N)C(=O)CCC(=O)NCC2COc3ccccc3O2)N(C)c2ccccc21. The number of nitrogens with one attached hydrogen (secondary N) is 1. The van der Waals surface area contributed by atoms with Crippen LogP contribution < -0.4 is 24.6 Å². The number of hydrogen-bond acceptors (Lipinski definition) is 7. The van der Waals surface area contributed by atoms with Gasteiger partial charge in [0.2, 0.25) is 5.91 Å². The molecule has 0 aromatic heterocycles. The Hall–Kier alpha value is -3.99. The van der Waals surface area contributed by atoms with Crippen LogP contribution in [0.5, 0.6) is 11.5 Å². The lowest BCUT2D eigenvalue weighted by Crippen LogP contribution is -2.40. The summed E-state index contributed by atoms with van der Waals surface area (Å²) >= 11 is 0. The summed E-state index contributed by atoms with van der Waals surface area (Å²) in [5.41, 5.74) is 1.87. The Morgan fingerprint density at radius 2 is 1.66 bits per heavy atom. The van der Waals surface area contributed by atoms with E-state index in [0.717, 1.165) is 11.4 Å². The van der Waals surface area contributed by atoms with E-state index in [0.29, 0.717) is 23.9 Å². The normalized spacial score (nSPS) is 16.3. The van der Waals surface area contributed by atoms with Gasteiger partial charge in [-0.05, 0) is 24.3 Å². The summed E-state index contributed by atoms with van der Waals surface area (Å²) < 4.78 is 11.5. The number of para-hydroxylation sites is 4. The van der Waals surface area contributed by atoms with Gasteiger partial charge in [-0.15, -0.1) is 0 Å². The summed E-state index contributed by atoms with van der Waals surface area (Å²) in [6.45, 7) is 0.606. The van der Waals surface area contributed by atoms with Crippen molar-refractivity contribution in [2.24, 2.45) is 0 Å². The zero-order valence-corrected chi connectivity index (χ0v) is 18.0. The van der Waals surface area contributed by atoms with E-state index in [4.69, 9.17) is 9.47 Å². The van der Waals surface area contributed by atoms with E-state index >= 15 is 0 Å². The van der Waals surface area contributed by atoms with E-state index in [1.807, 2.05) is 78.5 Å². The molecule has 164 valence electrons. The van der Waals surface area contributed by atoms with Crippen LogP contribution in [0.25, 0.3) is 0 Å². The summed E-state index contributed by atoms with van der Waals surface area (Å²) in [4.78, 5) is 28.7. The van der Waals surface area contributed by atoms with Crippen LogP contribution in [0.3, 0.4) is 0 Å². The van der Waals surface area contributed by atoms with Crippen molar-refractivity contribution in [3.05, 3.63) is 59.9 Å². The minimum atomic E-state index is -0.365. The molecule has 8 nitrogen and oxygen atoms in total. The molecule has 1 amide bonds. The number of nitrogens with zero attached hydrogens (tertiary/aromatic N) is 3. The number of nitriles is 1. The minimum Gasteiger partial charge on any atom is -0.486 e. The van der Waals surface area contributed by atoms with Crippen molar-refractivity contribution in [3.63, 3.8) is 0 Å². The van der Waals surface area contributed by atoms with Crippen molar-refractivity contribution in [3.8, 4) is 17.6 Å². The number of amides is 1. The number of ether oxygens (including phenoxy) is 2. The molecule has 2 aromatic rings. The smallest absolute Gasteiger partial charge is 0.220 e. The number of carbonyl (C=O) groups excluding carboxylic acids is 2. The second-order valence-corrected chi connectivity index (χ2v) is 7.64. The van der Waals surface area contributed by atoms with Crippen LogP contribution in [0.1, 0.15) is 12.8 Å². The van der Waals surface area contributed by atoms with Gasteiger partial charge in [0.25, 0.3) is 0 Å². The molecule has 0 aliphatic carbocycles. The van der Waals surface area contributed by atoms with E-state index in [9.17, 15) is 14.9 Å². The molecule has 0 fully saturated rings. The average Bonchev–Trinajstić information content (AvgIpc) is 3.07. The molecule has 2 aliphatic rings. The largest absolute Gasteiger partial charge is 0.486 e. The predicted molar refractivity (Wildman–Crippen MR) is 119 cm³/mol. The first kappa shape index (κ1) is 21.2. The third kappa shape index (κ3) is 4.10. The highest BCUT2D eigenvalue weighted by Gasteiger charge is 2.31. The van der Waals surface area contributed by atoms with Crippen molar-refractivity contribution in [2.45, 2.75) is 18.9 Å². The minimum absolute atomic E-state index is 0.0121. The number of benzene rings is 2. The summed E-state index contributed by atoms with van der Waals surface area (Å²) in [5, 5.41) is 12.5. The highest BCUT2D eigenvalue weighted by atomic mass is 16.6. The molecule has 2 aliphatic heterocycles. The topological polar surface area (TPSA) is 94.9 Å². The molecule has 1 atom stereocenters. The number of fused-ring (bicyclic) bond motifs is 2. The molecule has 0 spiro atoms. The van der Waals surface area contributed by atoms with Gasteiger partial charge in [-0.25, -0.2) is 0 Å². The highest BCUT2D eigenvalue weighted by Crippen LogP contribution is 2.40. The average molecular weight is 432 g/mol. The predicted octanol–water partition coefficient (Wildman–Crippen LogP) is 2.61. The van der Waals surface area contributed by atoms with Crippen LogP contribution in [0, 0.1) is 11.3 Å². The standard InChI is InChI=1S/C24H24N4O4/c1-27-18-7-3-4-8-19(18)28(2)24(27)17(13-25)20(29)11-12-23(30)26-14-16-15-31-21-9-5-6-10-22(21)32-16/h3-10,16H,11-12,14-15H2,1-2H3,(H,26,30). The number of anilines is 2. The van der Waals surface area contributed by atoms with E-state index < -0.39 is 0 Å². The van der Waals surface area contributed by atoms with Gasteiger partial charge >= 0.3 is 0 Å². The molecule has 32 heavy (non-hydrogen) atoms. The van der Waals surface area contributed by atoms with Crippen molar-refractivity contribution in [1.82, 2.24) is 5.32 Å².